The number of benzene rings is 1. The highest BCUT2D eigenvalue weighted by Gasteiger charge is 2.29. The molecule has 0 saturated carbocycles. The molecule has 1 aromatic heterocycles. The van der Waals surface area contributed by atoms with Gasteiger partial charge in [0, 0.05) is 38.3 Å². The number of fused-ring (bicyclic) bond motifs is 1. The number of nitrogens with one attached hydrogen (secondary N) is 1. The second-order valence-electron chi connectivity index (χ2n) is 7.39. The van der Waals surface area contributed by atoms with Crippen molar-refractivity contribution in [2.75, 3.05) is 36.4 Å². The summed E-state index contributed by atoms with van der Waals surface area (Å²) < 4.78 is 20.6. The highest BCUT2D eigenvalue weighted by Crippen LogP contribution is 2.35. The molecule has 1 fully saturated rings. The van der Waals surface area contributed by atoms with Crippen molar-refractivity contribution in [3.05, 3.63) is 47.5 Å². The molecular formula is C21H23FN4O4. The predicted molar refractivity (Wildman–Crippen MR) is 108 cm³/mol. The zero-order chi connectivity index (χ0) is 21.3. The molecule has 1 amide bonds. The van der Waals surface area contributed by atoms with Gasteiger partial charge in [-0.3, -0.25) is 9.69 Å². The van der Waals surface area contributed by atoms with Crippen LogP contribution in [0, 0.1) is 5.82 Å². The fraction of sp³-hybridized carbons (Fsp3) is 0.381. The molecule has 158 valence electrons. The molecule has 2 N–H and O–H groups in total. The first-order chi connectivity index (χ1) is 14.5. The van der Waals surface area contributed by atoms with E-state index in [1.165, 1.54) is 6.07 Å². The van der Waals surface area contributed by atoms with Crippen LogP contribution in [-0.4, -0.2) is 59.1 Å². The largest absolute Gasteiger partial charge is 0.478 e. The van der Waals surface area contributed by atoms with Crippen molar-refractivity contribution >= 4 is 23.3 Å². The lowest BCUT2D eigenvalue weighted by atomic mass is 10.1. The number of aromatic carboxylic acids is 1. The Morgan fingerprint density at radius 2 is 2.03 bits per heavy atom. The number of amides is 1. The first-order valence-electron chi connectivity index (χ1n) is 9.91. The highest BCUT2D eigenvalue weighted by atomic mass is 19.1. The number of rotatable bonds is 5. The van der Waals surface area contributed by atoms with Crippen LogP contribution in [0.2, 0.25) is 0 Å². The van der Waals surface area contributed by atoms with Crippen molar-refractivity contribution in [1.29, 1.82) is 0 Å². The van der Waals surface area contributed by atoms with Gasteiger partial charge in [-0.25, -0.2) is 14.2 Å². The van der Waals surface area contributed by atoms with Crippen molar-refractivity contribution in [2.45, 2.75) is 26.0 Å². The minimum absolute atomic E-state index is 0.0154. The Hall–Kier alpha value is -3.20. The second-order valence-corrected chi connectivity index (χ2v) is 7.39. The number of carboxylic acids is 1. The molecule has 8 nitrogen and oxygen atoms in total. The molecule has 3 heterocycles. The summed E-state index contributed by atoms with van der Waals surface area (Å²) in [5.41, 5.74) is 1.51. The summed E-state index contributed by atoms with van der Waals surface area (Å²) in [7, 11) is 0. The fourth-order valence-electron chi connectivity index (χ4n) is 3.72. The average molecular weight is 414 g/mol. The minimum atomic E-state index is -1.05. The summed E-state index contributed by atoms with van der Waals surface area (Å²) in [5, 5.41) is 11.6. The zero-order valence-electron chi connectivity index (χ0n) is 16.6. The molecule has 9 heteroatoms. The molecule has 1 saturated heterocycles. The van der Waals surface area contributed by atoms with Crippen LogP contribution in [0.15, 0.2) is 30.5 Å². The smallest absolute Gasteiger partial charge is 0.354 e. The van der Waals surface area contributed by atoms with Gasteiger partial charge in [-0.15, -0.1) is 0 Å². The van der Waals surface area contributed by atoms with Crippen LogP contribution in [0.1, 0.15) is 29.4 Å². The van der Waals surface area contributed by atoms with Gasteiger partial charge in [0.2, 0.25) is 0 Å². The third kappa shape index (κ3) is 3.93. The molecule has 1 atom stereocenters. The minimum Gasteiger partial charge on any atom is -0.478 e. The molecule has 0 spiro atoms. The summed E-state index contributed by atoms with van der Waals surface area (Å²) in [5.74, 6) is -1.46. The number of ether oxygens (including phenoxy) is 1. The third-order valence-corrected chi connectivity index (χ3v) is 5.46. The molecule has 0 radical (unpaired) electrons. The number of halogens is 1. The SMILES string of the molecule is CCC1Oc2ccc(CN3CCN(c4ccc(C(=O)O)nc4)CC3)c(F)c2NC1=O. The Kier molecular flexibility index (Phi) is 5.54. The number of pyridine rings is 1. The first kappa shape index (κ1) is 20.1. The van der Waals surface area contributed by atoms with Crippen LogP contribution >= 0.6 is 0 Å². The van der Waals surface area contributed by atoms with Gasteiger partial charge in [0.05, 0.1) is 11.9 Å². The normalized spacial score (nSPS) is 19.1. The number of hydrogen-bond donors (Lipinski definition) is 2. The summed E-state index contributed by atoms with van der Waals surface area (Å²) in [4.78, 5) is 31.2. The molecule has 1 aromatic carbocycles. The van der Waals surface area contributed by atoms with Crippen LogP contribution in [0.3, 0.4) is 0 Å². The summed E-state index contributed by atoms with van der Waals surface area (Å²) in [6.07, 6.45) is 1.50. The van der Waals surface area contributed by atoms with Crippen molar-refractivity contribution < 1.29 is 23.8 Å². The lowest BCUT2D eigenvalue weighted by Crippen LogP contribution is -2.46. The van der Waals surface area contributed by atoms with E-state index in [4.69, 9.17) is 9.84 Å². The third-order valence-electron chi connectivity index (χ3n) is 5.46. The van der Waals surface area contributed by atoms with E-state index in [0.29, 0.717) is 24.3 Å². The quantitative estimate of drug-likeness (QED) is 0.776. The second kappa shape index (κ2) is 8.27. The lowest BCUT2D eigenvalue weighted by molar-refractivity contribution is -0.123. The zero-order valence-corrected chi connectivity index (χ0v) is 16.6. The fourth-order valence-corrected chi connectivity index (χ4v) is 3.72. The Balaban J connectivity index is 1.39. The standard InChI is InChI=1S/C21H23FN4O4/c1-2-16-20(27)24-19-17(30-16)6-3-13(18(19)22)12-25-7-9-26(10-8-25)14-4-5-15(21(28)29)23-11-14/h3-6,11,16H,2,7-10,12H2,1H3,(H,24,27)(H,28,29). The monoisotopic (exact) mass is 414 g/mol. The number of carbonyl (C=O) groups excluding carboxylic acids is 1. The van der Waals surface area contributed by atoms with E-state index in [2.05, 4.69) is 20.1 Å². The first-order valence-corrected chi connectivity index (χ1v) is 9.91. The number of carboxylic acid groups (broad SMARTS) is 1. The topological polar surface area (TPSA) is 95.0 Å². The van der Waals surface area contributed by atoms with E-state index < -0.39 is 17.9 Å². The van der Waals surface area contributed by atoms with Crippen LogP contribution in [0.5, 0.6) is 5.75 Å². The Labute approximate surface area is 173 Å². The molecule has 2 aromatic rings. The maximum Gasteiger partial charge on any atom is 0.354 e. The van der Waals surface area contributed by atoms with E-state index in [9.17, 15) is 14.0 Å². The van der Waals surface area contributed by atoms with Gasteiger partial charge in [0.1, 0.15) is 17.1 Å². The summed E-state index contributed by atoms with van der Waals surface area (Å²) >= 11 is 0. The van der Waals surface area contributed by atoms with Crippen LogP contribution < -0.4 is 15.0 Å². The molecular weight excluding hydrogens is 391 g/mol. The van der Waals surface area contributed by atoms with Crippen molar-refractivity contribution in [3.8, 4) is 5.75 Å². The molecule has 1 unspecified atom stereocenters. The van der Waals surface area contributed by atoms with Crippen LogP contribution in [0.4, 0.5) is 15.8 Å². The van der Waals surface area contributed by atoms with E-state index in [1.54, 1.807) is 24.4 Å². The van der Waals surface area contributed by atoms with Crippen molar-refractivity contribution in [2.24, 2.45) is 0 Å². The van der Waals surface area contributed by atoms with Gasteiger partial charge >= 0.3 is 5.97 Å². The van der Waals surface area contributed by atoms with Gasteiger partial charge in [0.15, 0.2) is 11.9 Å². The number of carbonyl (C=O) groups is 2. The van der Waals surface area contributed by atoms with Crippen molar-refractivity contribution in [3.63, 3.8) is 0 Å². The van der Waals surface area contributed by atoms with E-state index >= 15 is 0 Å². The van der Waals surface area contributed by atoms with Crippen LogP contribution in [0.25, 0.3) is 0 Å². The summed E-state index contributed by atoms with van der Waals surface area (Å²) in [6, 6.07) is 6.66. The molecule has 0 aliphatic carbocycles. The number of piperazine rings is 1. The van der Waals surface area contributed by atoms with Gasteiger partial charge < -0.3 is 20.1 Å². The average Bonchev–Trinajstić information content (AvgIpc) is 2.76. The van der Waals surface area contributed by atoms with E-state index in [1.807, 2.05) is 6.92 Å². The molecule has 2 aliphatic heterocycles. The maximum absolute atomic E-state index is 15.0. The Bertz CT molecular complexity index is 958. The van der Waals surface area contributed by atoms with E-state index in [-0.39, 0.29) is 17.3 Å². The predicted octanol–water partition coefficient (Wildman–Crippen LogP) is 2.35. The number of nitrogens with zero attached hydrogens (tertiary/aromatic N) is 3. The molecule has 30 heavy (non-hydrogen) atoms. The molecule has 2 aliphatic rings. The van der Waals surface area contributed by atoms with Crippen molar-refractivity contribution in [1.82, 2.24) is 9.88 Å². The highest BCUT2D eigenvalue weighted by molar-refractivity contribution is 5.98. The van der Waals surface area contributed by atoms with Gasteiger partial charge in [0.25, 0.3) is 5.91 Å². The Morgan fingerprint density at radius 3 is 2.67 bits per heavy atom. The van der Waals surface area contributed by atoms with E-state index in [0.717, 1.165) is 31.9 Å². The van der Waals surface area contributed by atoms with Crippen LogP contribution in [-0.2, 0) is 11.3 Å². The molecule has 0 bridgehead atoms. The maximum atomic E-state index is 15.0. The molecule has 4 rings (SSSR count). The van der Waals surface area contributed by atoms with Gasteiger partial charge in [-0.05, 0) is 24.6 Å². The summed E-state index contributed by atoms with van der Waals surface area (Å²) in [6.45, 7) is 5.15. The number of aromatic nitrogens is 1. The lowest BCUT2D eigenvalue weighted by Gasteiger charge is -2.36. The number of hydrogen-bond acceptors (Lipinski definition) is 6. The Morgan fingerprint density at radius 1 is 1.27 bits per heavy atom. The van der Waals surface area contributed by atoms with Gasteiger partial charge in [-0.2, -0.15) is 0 Å². The number of anilines is 2. The van der Waals surface area contributed by atoms with Gasteiger partial charge in [-0.1, -0.05) is 13.0 Å².